The fourth-order valence-electron chi connectivity index (χ4n) is 6.09. The lowest BCUT2D eigenvalue weighted by Crippen LogP contribution is -2.53. The van der Waals surface area contributed by atoms with Crippen LogP contribution in [0.2, 0.25) is 0 Å². The molecule has 0 spiro atoms. The first-order chi connectivity index (χ1) is 18.0. The molecule has 3 aliphatic rings. The van der Waals surface area contributed by atoms with Crippen molar-refractivity contribution in [2.24, 2.45) is 0 Å². The summed E-state index contributed by atoms with van der Waals surface area (Å²) in [5, 5.41) is 2.75. The van der Waals surface area contributed by atoms with Gasteiger partial charge in [0.25, 0.3) is 5.91 Å². The summed E-state index contributed by atoms with van der Waals surface area (Å²) >= 11 is 0. The molecule has 1 aromatic rings. The van der Waals surface area contributed by atoms with E-state index in [-0.39, 0.29) is 47.6 Å². The molecule has 0 aromatic heterocycles. The minimum atomic E-state index is -0.151. The molecule has 0 bridgehead atoms. The van der Waals surface area contributed by atoms with E-state index < -0.39 is 0 Å². The number of benzene rings is 1. The molecule has 1 heterocycles. The van der Waals surface area contributed by atoms with E-state index in [0.717, 1.165) is 45.3 Å². The Kier molecular flexibility index (Phi) is 16.3. The van der Waals surface area contributed by atoms with Crippen LogP contribution in [0.15, 0.2) is 24.3 Å². The molecule has 10 nitrogen and oxygen atoms in total. The molecule has 228 valence electrons. The lowest BCUT2D eigenvalue weighted by atomic mass is 9.88. The van der Waals surface area contributed by atoms with Gasteiger partial charge in [0, 0.05) is 56.4 Å². The molecule has 0 unspecified atom stereocenters. The first kappa shape index (κ1) is 35.8. The van der Waals surface area contributed by atoms with Crippen LogP contribution in [-0.4, -0.2) is 101 Å². The van der Waals surface area contributed by atoms with E-state index in [1.807, 2.05) is 0 Å². The number of anilines is 1. The topological polar surface area (TPSA) is 145 Å². The van der Waals surface area contributed by atoms with Crippen LogP contribution in [0.3, 0.4) is 0 Å². The molecule has 5 N–H and O–H groups in total. The number of nitrogens with zero attached hydrogens (tertiary/aromatic N) is 3. The summed E-state index contributed by atoms with van der Waals surface area (Å²) < 4.78 is 5.48. The van der Waals surface area contributed by atoms with E-state index in [4.69, 9.17) is 4.74 Å². The maximum absolute atomic E-state index is 14.0. The highest BCUT2D eigenvalue weighted by molar-refractivity contribution is 5.97. The van der Waals surface area contributed by atoms with Gasteiger partial charge in [0.1, 0.15) is 6.54 Å². The number of hydrogen-bond donors (Lipinski definition) is 1. The zero-order valence-electron chi connectivity index (χ0n) is 23.9. The van der Waals surface area contributed by atoms with Crippen LogP contribution in [0.5, 0.6) is 0 Å². The van der Waals surface area contributed by atoms with Crippen molar-refractivity contribution >= 4 is 35.8 Å². The smallest absolute Gasteiger partial charge is 0.254 e. The minimum absolute atomic E-state index is 0. The third-order valence-corrected chi connectivity index (χ3v) is 8.08. The van der Waals surface area contributed by atoms with Gasteiger partial charge in [-0.3, -0.25) is 19.3 Å². The summed E-state index contributed by atoms with van der Waals surface area (Å²) in [6, 6.07) is 7.56. The Morgan fingerprint density at radius 1 is 0.875 bits per heavy atom. The van der Waals surface area contributed by atoms with Gasteiger partial charge in [0.2, 0.25) is 11.8 Å². The second-order valence-electron chi connectivity index (χ2n) is 10.8. The quantitative estimate of drug-likeness (QED) is 0.474. The standard InChI is InChI=1S/C29H44N4O4.ClH.2H2O/c1-23(34)30-25-14-12-24(13-15-25)29(36)32(17-16-31-18-20-37-21-19-31)22-28(35)33(26-8-4-2-5-9-26)27-10-6-3-7-11-27;;;/h12-15,26-27H,2-11,16-22H2,1H3,(H,30,34);1H;2*1H2. The fraction of sp³-hybridized carbons (Fsp3) is 0.690. The van der Waals surface area contributed by atoms with Crippen molar-refractivity contribution in [3.8, 4) is 0 Å². The van der Waals surface area contributed by atoms with Gasteiger partial charge < -0.3 is 30.8 Å². The van der Waals surface area contributed by atoms with E-state index in [1.165, 1.54) is 45.4 Å². The van der Waals surface area contributed by atoms with Crippen molar-refractivity contribution in [3.05, 3.63) is 29.8 Å². The summed E-state index contributed by atoms with van der Waals surface area (Å²) in [4.78, 5) is 45.3. The van der Waals surface area contributed by atoms with E-state index in [0.29, 0.717) is 43.1 Å². The van der Waals surface area contributed by atoms with Crippen molar-refractivity contribution in [2.75, 3.05) is 51.3 Å². The van der Waals surface area contributed by atoms with Gasteiger partial charge in [0.15, 0.2) is 0 Å². The highest BCUT2D eigenvalue weighted by Crippen LogP contribution is 2.30. The van der Waals surface area contributed by atoms with Gasteiger partial charge >= 0.3 is 0 Å². The molecular weight excluding hydrogens is 536 g/mol. The largest absolute Gasteiger partial charge is 0.412 e. The van der Waals surface area contributed by atoms with Gasteiger partial charge in [-0.2, -0.15) is 0 Å². The van der Waals surface area contributed by atoms with Crippen molar-refractivity contribution < 1.29 is 30.1 Å². The van der Waals surface area contributed by atoms with E-state index in [9.17, 15) is 14.4 Å². The molecule has 4 rings (SSSR count). The number of morpholine rings is 1. The van der Waals surface area contributed by atoms with Crippen LogP contribution in [0.25, 0.3) is 0 Å². The van der Waals surface area contributed by atoms with Crippen LogP contribution in [0, 0.1) is 0 Å². The second-order valence-corrected chi connectivity index (χ2v) is 10.8. The first-order valence-corrected chi connectivity index (χ1v) is 14.3. The lowest BCUT2D eigenvalue weighted by molar-refractivity contribution is -0.138. The molecule has 1 aromatic carbocycles. The highest BCUT2D eigenvalue weighted by atomic mass is 35.5. The molecule has 11 heteroatoms. The van der Waals surface area contributed by atoms with Crippen molar-refractivity contribution in [1.29, 1.82) is 0 Å². The summed E-state index contributed by atoms with van der Waals surface area (Å²) in [6.45, 7) is 5.89. The monoisotopic (exact) mass is 584 g/mol. The Morgan fingerprint density at radius 2 is 1.40 bits per heavy atom. The normalized spacial score (nSPS) is 18.3. The van der Waals surface area contributed by atoms with Crippen molar-refractivity contribution in [2.45, 2.75) is 83.2 Å². The number of carbonyl (C=O) groups excluding carboxylic acids is 3. The Hall–Kier alpha value is -2.24. The Balaban J connectivity index is 0.00000267. The minimum Gasteiger partial charge on any atom is -0.412 e. The molecule has 3 amide bonds. The third kappa shape index (κ3) is 10.3. The van der Waals surface area contributed by atoms with Crippen molar-refractivity contribution in [1.82, 2.24) is 14.7 Å². The predicted molar refractivity (Wildman–Crippen MR) is 159 cm³/mol. The molecule has 3 fully saturated rings. The summed E-state index contributed by atoms with van der Waals surface area (Å²) in [5.41, 5.74) is 1.19. The van der Waals surface area contributed by atoms with Gasteiger partial charge in [0.05, 0.1) is 13.2 Å². The summed E-state index contributed by atoms with van der Waals surface area (Å²) in [7, 11) is 0. The zero-order valence-corrected chi connectivity index (χ0v) is 24.7. The SMILES string of the molecule is CC(=O)Nc1ccc(C(=O)N(CCN2CCOCC2)CC(=O)N(C2CCCCC2)C2CCCCC2)cc1.Cl.O.O. The molecule has 2 aliphatic carbocycles. The van der Waals surface area contributed by atoms with Crippen LogP contribution < -0.4 is 5.32 Å². The molecule has 40 heavy (non-hydrogen) atoms. The number of carbonyl (C=O) groups is 3. The van der Waals surface area contributed by atoms with E-state index >= 15 is 0 Å². The molecule has 1 aliphatic heterocycles. The number of nitrogens with one attached hydrogen (secondary N) is 1. The average molecular weight is 585 g/mol. The first-order valence-electron chi connectivity index (χ1n) is 14.3. The number of ether oxygens (including phenoxy) is 1. The van der Waals surface area contributed by atoms with Gasteiger partial charge in [-0.1, -0.05) is 38.5 Å². The average Bonchev–Trinajstić information content (AvgIpc) is 2.93. The molecular formula is C29H49ClN4O6. The van der Waals surface area contributed by atoms with E-state index in [1.54, 1.807) is 29.2 Å². The molecule has 2 saturated carbocycles. The Labute approximate surface area is 244 Å². The maximum atomic E-state index is 14.0. The molecule has 0 atom stereocenters. The van der Waals surface area contributed by atoms with Crippen molar-refractivity contribution in [3.63, 3.8) is 0 Å². The third-order valence-electron chi connectivity index (χ3n) is 8.08. The fourth-order valence-corrected chi connectivity index (χ4v) is 6.09. The van der Waals surface area contributed by atoms with Gasteiger partial charge in [-0.15, -0.1) is 12.4 Å². The van der Waals surface area contributed by atoms with Gasteiger partial charge in [-0.25, -0.2) is 0 Å². The van der Waals surface area contributed by atoms with Gasteiger partial charge in [-0.05, 0) is 49.9 Å². The molecule has 1 saturated heterocycles. The highest BCUT2D eigenvalue weighted by Gasteiger charge is 2.34. The number of amides is 3. The Morgan fingerprint density at radius 3 is 1.90 bits per heavy atom. The number of rotatable bonds is 9. The zero-order chi connectivity index (χ0) is 26.0. The predicted octanol–water partition coefficient (Wildman–Crippen LogP) is 2.69. The summed E-state index contributed by atoms with van der Waals surface area (Å²) in [5.74, 6) is -0.186. The number of halogens is 1. The maximum Gasteiger partial charge on any atom is 0.254 e. The second kappa shape index (κ2) is 18.2. The van der Waals surface area contributed by atoms with Crippen LogP contribution in [0.4, 0.5) is 5.69 Å². The van der Waals surface area contributed by atoms with Crippen LogP contribution >= 0.6 is 12.4 Å². The summed E-state index contributed by atoms with van der Waals surface area (Å²) in [6.07, 6.45) is 11.5. The Bertz CT molecular complexity index is 882. The number of hydrogen-bond acceptors (Lipinski definition) is 5. The molecule has 0 radical (unpaired) electrons. The van der Waals surface area contributed by atoms with Crippen LogP contribution in [0.1, 0.15) is 81.5 Å². The lowest BCUT2D eigenvalue weighted by Gasteiger charge is -2.42. The van der Waals surface area contributed by atoms with E-state index in [2.05, 4.69) is 15.1 Å². The van der Waals surface area contributed by atoms with Crippen LogP contribution in [-0.2, 0) is 14.3 Å².